The molecular formula is C22H22N4O4S. The third-order valence-corrected chi connectivity index (χ3v) is 5.71. The van der Waals surface area contributed by atoms with Gasteiger partial charge in [-0.1, -0.05) is 0 Å². The summed E-state index contributed by atoms with van der Waals surface area (Å²) >= 11 is 1.33. The molecule has 0 aliphatic rings. The molecule has 31 heavy (non-hydrogen) atoms. The van der Waals surface area contributed by atoms with Crippen LogP contribution in [-0.4, -0.2) is 30.1 Å². The minimum Gasteiger partial charge on any atom is -0.493 e. The average molecular weight is 439 g/mol. The summed E-state index contributed by atoms with van der Waals surface area (Å²) in [5, 5.41) is 14.3. The maximum atomic E-state index is 12.4. The van der Waals surface area contributed by atoms with Crippen molar-refractivity contribution in [1.82, 2.24) is 9.97 Å². The van der Waals surface area contributed by atoms with Gasteiger partial charge in [-0.3, -0.25) is 9.59 Å². The zero-order valence-electron chi connectivity index (χ0n) is 17.7. The summed E-state index contributed by atoms with van der Waals surface area (Å²) in [5.41, 5.74) is 3.32. The van der Waals surface area contributed by atoms with Crippen molar-refractivity contribution in [2.75, 3.05) is 19.5 Å². The molecule has 0 aliphatic heterocycles. The van der Waals surface area contributed by atoms with E-state index in [-0.39, 0.29) is 17.9 Å². The Labute approximate surface area is 183 Å². The van der Waals surface area contributed by atoms with E-state index in [0.29, 0.717) is 40.0 Å². The van der Waals surface area contributed by atoms with E-state index in [2.05, 4.69) is 15.3 Å². The van der Waals surface area contributed by atoms with Crippen LogP contribution in [0.2, 0.25) is 0 Å². The van der Waals surface area contributed by atoms with Crippen LogP contribution in [0.15, 0.2) is 28.4 Å². The van der Waals surface area contributed by atoms with Crippen molar-refractivity contribution in [2.24, 2.45) is 0 Å². The van der Waals surface area contributed by atoms with Gasteiger partial charge < -0.3 is 19.8 Å². The van der Waals surface area contributed by atoms with Crippen LogP contribution in [-0.2, 0) is 11.2 Å². The Morgan fingerprint density at radius 1 is 1.26 bits per heavy atom. The maximum Gasteiger partial charge on any atom is 0.266 e. The molecule has 0 fully saturated rings. The van der Waals surface area contributed by atoms with Crippen LogP contribution in [0.5, 0.6) is 11.5 Å². The molecule has 0 aliphatic carbocycles. The van der Waals surface area contributed by atoms with Crippen molar-refractivity contribution in [3.8, 4) is 28.8 Å². The molecule has 0 saturated heterocycles. The topological polar surface area (TPSA) is 117 Å². The standard InChI is InChI=1S/C22H22N4O4S/c1-12-15(13(2)24-21(28)16(12)10-23)6-8-20(27)26-22-25-17(11-31-22)14-5-7-18(29-3)19(9-14)30-4/h5,7,9,11H,6,8H2,1-4H3,(H,24,28)(H,25,26,27). The highest BCUT2D eigenvalue weighted by Crippen LogP contribution is 2.33. The van der Waals surface area contributed by atoms with Crippen molar-refractivity contribution >= 4 is 22.4 Å². The number of aryl methyl sites for hydroxylation is 1. The summed E-state index contributed by atoms with van der Waals surface area (Å²) in [6, 6.07) is 7.42. The second-order valence-corrected chi connectivity index (χ2v) is 7.68. The summed E-state index contributed by atoms with van der Waals surface area (Å²) in [6.45, 7) is 3.49. The first kappa shape index (κ1) is 22.1. The number of nitrogens with zero attached hydrogens (tertiary/aromatic N) is 2. The number of H-pyrrole nitrogens is 1. The summed E-state index contributed by atoms with van der Waals surface area (Å²) in [5.74, 6) is 1.03. The summed E-state index contributed by atoms with van der Waals surface area (Å²) in [7, 11) is 3.14. The smallest absolute Gasteiger partial charge is 0.266 e. The van der Waals surface area contributed by atoms with E-state index in [1.54, 1.807) is 34.1 Å². The number of nitriles is 1. The van der Waals surface area contributed by atoms with Gasteiger partial charge >= 0.3 is 0 Å². The molecular weight excluding hydrogens is 416 g/mol. The Balaban J connectivity index is 1.69. The van der Waals surface area contributed by atoms with Crippen LogP contribution < -0.4 is 20.3 Å². The molecule has 1 aromatic carbocycles. The number of pyridine rings is 1. The lowest BCUT2D eigenvalue weighted by atomic mass is 9.99. The number of rotatable bonds is 7. The number of methoxy groups -OCH3 is 2. The van der Waals surface area contributed by atoms with Gasteiger partial charge in [0.2, 0.25) is 5.91 Å². The number of nitrogens with one attached hydrogen (secondary N) is 2. The lowest BCUT2D eigenvalue weighted by Gasteiger charge is -2.10. The predicted molar refractivity (Wildman–Crippen MR) is 119 cm³/mol. The second-order valence-electron chi connectivity index (χ2n) is 6.83. The van der Waals surface area contributed by atoms with Gasteiger partial charge in [0, 0.05) is 23.1 Å². The maximum absolute atomic E-state index is 12.4. The molecule has 2 aromatic heterocycles. The molecule has 0 spiro atoms. The first-order valence-electron chi connectivity index (χ1n) is 9.48. The van der Waals surface area contributed by atoms with Gasteiger partial charge in [0.15, 0.2) is 16.6 Å². The number of carbonyl (C=O) groups excluding carboxylic acids is 1. The molecule has 2 N–H and O–H groups in total. The Morgan fingerprint density at radius 2 is 2.00 bits per heavy atom. The fourth-order valence-corrected chi connectivity index (χ4v) is 4.04. The van der Waals surface area contributed by atoms with Gasteiger partial charge in [-0.2, -0.15) is 5.26 Å². The molecule has 0 saturated carbocycles. The first-order valence-corrected chi connectivity index (χ1v) is 10.4. The van der Waals surface area contributed by atoms with Gasteiger partial charge in [0.1, 0.15) is 11.6 Å². The normalized spacial score (nSPS) is 10.4. The minimum atomic E-state index is -0.406. The van der Waals surface area contributed by atoms with E-state index in [0.717, 1.165) is 11.1 Å². The number of anilines is 1. The molecule has 1 amide bonds. The quantitative estimate of drug-likeness (QED) is 0.582. The van der Waals surface area contributed by atoms with Gasteiger partial charge in [-0.25, -0.2) is 4.98 Å². The van der Waals surface area contributed by atoms with Crippen molar-refractivity contribution in [1.29, 1.82) is 5.26 Å². The zero-order valence-corrected chi connectivity index (χ0v) is 18.5. The molecule has 3 aromatic rings. The monoisotopic (exact) mass is 438 g/mol. The second kappa shape index (κ2) is 9.45. The lowest BCUT2D eigenvalue weighted by Crippen LogP contribution is -2.18. The third-order valence-electron chi connectivity index (χ3n) is 4.95. The van der Waals surface area contributed by atoms with Crippen LogP contribution in [0.1, 0.15) is 28.8 Å². The third kappa shape index (κ3) is 4.75. The number of hydrogen-bond donors (Lipinski definition) is 2. The lowest BCUT2D eigenvalue weighted by molar-refractivity contribution is -0.116. The van der Waals surface area contributed by atoms with Crippen molar-refractivity contribution in [3.05, 3.63) is 56.3 Å². The number of hydrogen-bond acceptors (Lipinski definition) is 7. The number of carbonyl (C=O) groups is 1. The van der Waals surface area contributed by atoms with Gasteiger partial charge in [-0.15, -0.1) is 11.3 Å². The predicted octanol–water partition coefficient (Wildman–Crippen LogP) is 3.58. The molecule has 0 bridgehead atoms. The fourth-order valence-electron chi connectivity index (χ4n) is 3.30. The summed E-state index contributed by atoms with van der Waals surface area (Å²) in [6.07, 6.45) is 0.604. The number of ether oxygens (including phenoxy) is 2. The van der Waals surface area contributed by atoms with Crippen LogP contribution in [0, 0.1) is 25.2 Å². The minimum absolute atomic E-state index is 0.0838. The average Bonchev–Trinajstić information content (AvgIpc) is 3.21. The fraction of sp³-hybridized carbons (Fsp3) is 0.273. The first-order chi connectivity index (χ1) is 14.9. The van der Waals surface area contributed by atoms with Gasteiger partial charge in [-0.05, 0) is 49.6 Å². The molecule has 3 rings (SSSR count). The summed E-state index contributed by atoms with van der Waals surface area (Å²) < 4.78 is 10.6. The van der Waals surface area contributed by atoms with Crippen LogP contribution in [0.25, 0.3) is 11.3 Å². The SMILES string of the molecule is COc1ccc(-c2csc(NC(=O)CCc3c(C)[nH]c(=O)c(C#N)c3C)n2)cc1OC. The molecule has 2 heterocycles. The highest BCUT2D eigenvalue weighted by Gasteiger charge is 2.15. The highest BCUT2D eigenvalue weighted by atomic mass is 32.1. The van der Waals surface area contributed by atoms with Crippen molar-refractivity contribution in [3.63, 3.8) is 0 Å². The van der Waals surface area contributed by atoms with Crippen molar-refractivity contribution < 1.29 is 14.3 Å². The number of benzene rings is 1. The Kier molecular flexibility index (Phi) is 6.72. The molecule has 0 unspecified atom stereocenters. The Bertz CT molecular complexity index is 1220. The van der Waals surface area contributed by atoms with Crippen LogP contribution >= 0.6 is 11.3 Å². The Hall–Kier alpha value is -3.64. The van der Waals surface area contributed by atoms with E-state index in [1.807, 2.05) is 23.6 Å². The summed E-state index contributed by atoms with van der Waals surface area (Å²) in [4.78, 5) is 31.4. The number of amides is 1. The van der Waals surface area contributed by atoms with E-state index in [4.69, 9.17) is 9.47 Å². The number of aromatic nitrogens is 2. The molecule has 9 heteroatoms. The molecule has 0 radical (unpaired) electrons. The highest BCUT2D eigenvalue weighted by molar-refractivity contribution is 7.14. The van der Waals surface area contributed by atoms with E-state index in [9.17, 15) is 14.9 Å². The molecule has 8 nitrogen and oxygen atoms in total. The van der Waals surface area contributed by atoms with Crippen molar-refractivity contribution in [2.45, 2.75) is 26.7 Å². The van der Waals surface area contributed by atoms with Gasteiger partial charge in [0.05, 0.1) is 19.9 Å². The van der Waals surface area contributed by atoms with Gasteiger partial charge in [0.25, 0.3) is 5.56 Å². The van der Waals surface area contributed by atoms with Crippen LogP contribution in [0.4, 0.5) is 5.13 Å². The number of aromatic amines is 1. The van der Waals surface area contributed by atoms with E-state index >= 15 is 0 Å². The Morgan fingerprint density at radius 3 is 2.68 bits per heavy atom. The largest absolute Gasteiger partial charge is 0.493 e. The number of thiazole rings is 1. The van der Waals surface area contributed by atoms with E-state index in [1.165, 1.54) is 11.3 Å². The van der Waals surface area contributed by atoms with E-state index < -0.39 is 5.56 Å². The van der Waals surface area contributed by atoms with Crippen LogP contribution in [0.3, 0.4) is 0 Å². The zero-order chi connectivity index (χ0) is 22.5. The molecule has 0 atom stereocenters. The molecule has 160 valence electrons.